The van der Waals surface area contributed by atoms with Crippen LogP contribution in [0, 0.1) is 13.7 Å². The van der Waals surface area contributed by atoms with Crippen LogP contribution in [0.2, 0.25) is 0 Å². The molecule has 102 valence electrons. The van der Waals surface area contributed by atoms with Crippen molar-refractivity contribution in [2.75, 3.05) is 5.32 Å². The highest BCUT2D eigenvalue weighted by molar-refractivity contribution is 14.1. The number of anilines is 1. The summed E-state index contributed by atoms with van der Waals surface area (Å²) >= 11 is 5.42. The van der Waals surface area contributed by atoms with Crippen molar-refractivity contribution >= 4 is 55.8 Å². The maximum atomic E-state index is 12.2. The molecule has 0 atom stereocenters. The fourth-order valence-electron chi connectivity index (χ4n) is 1.57. The van der Waals surface area contributed by atoms with Crippen molar-refractivity contribution in [1.82, 2.24) is 0 Å². The van der Waals surface area contributed by atoms with Crippen molar-refractivity contribution in [3.63, 3.8) is 0 Å². The largest absolute Gasteiger partial charge is 0.322 e. The number of nitro groups is 1. The summed E-state index contributed by atoms with van der Waals surface area (Å²) in [7, 11) is 0. The summed E-state index contributed by atoms with van der Waals surface area (Å²) in [5.41, 5.74) is 0.794. The number of hydrogen-bond acceptors (Lipinski definition) is 3. The summed E-state index contributed by atoms with van der Waals surface area (Å²) in [5.74, 6) is -0.323. The first-order valence-electron chi connectivity index (χ1n) is 5.48. The number of rotatable bonds is 3. The van der Waals surface area contributed by atoms with Crippen molar-refractivity contribution in [3.05, 3.63) is 66.2 Å². The van der Waals surface area contributed by atoms with Gasteiger partial charge in [-0.15, -0.1) is 0 Å². The van der Waals surface area contributed by atoms with Crippen molar-refractivity contribution in [2.24, 2.45) is 0 Å². The summed E-state index contributed by atoms with van der Waals surface area (Å²) in [6.07, 6.45) is 0. The lowest BCUT2D eigenvalue weighted by molar-refractivity contribution is -0.384. The van der Waals surface area contributed by atoms with E-state index >= 15 is 0 Å². The summed E-state index contributed by atoms with van der Waals surface area (Å²) in [5, 5.41) is 13.3. The molecule has 0 saturated heterocycles. The van der Waals surface area contributed by atoms with Crippen molar-refractivity contribution in [1.29, 1.82) is 0 Å². The highest BCUT2D eigenvalue weighted by atomic mass is 127. The molecule has 1 amide bonds. The number of halogens is 2. The van der Waals surface area contributed by atoms with E-state index in [9.17, 15) is 14.9 Å². The molecule has 0 aromatic heterocycles. The van der Waals surface area contributed by atoms with E-state index in [2.05, 4.69) is 43.8 Å². The summed E-state index contributed by atoms with van der Waals surface area (Å²) < 4.78 is 1.59. The van der Waals surface area contributed by atoms with Gasteiger partial charge in [0.15, 0.2) is 0 Å². The van der Waals surface area contributed by atoms with Crippen LogP contribution in [0.4, 0.5) is 11.4 Å². The van der Waals surface area contributed by atoms with E-state index in [1.807, 2.05) is 6.07 Å². The SMILES string of the molecule is O=C(Nc1cccc([N+](=O)[O-])c1)c1cc(I)ccc1Br. The molecule has 2 aromatic carbocycles. The highest BCUT2D eigenvalue weighted by Crippen LogP contribution is 2.22. The molecule has 0 fully saturated rings. The minimum absolute atomic E-state index is 0.0653. The van der Waals surface area contributed by atoms with E-state index in [0.717, 1.165) is 3.57 Å². The first kappa shape index (κ1) is 14.9. The third kappa shape index (κ3) is 3.54. The van der Waals surface area contributed by atoms with Gasteiger partial charge in [0.25, 0.3) is 11.6 Å². The Balaban J connectivity index is 2.25. The lowest BCUT2D eigenvalue weighted by Gasteiger charge is -2.07. The second kappa shape index (κ2) is 6.31. The third-order valence-corrected chi connectivity index (χ3v) is 3.85. The van der Waals surface area contributed by atoms with E-state index in [-0.39, 0.29) is 11.6 Å². The number of nitrogens with zero attached hydrogens (tertiary/aromatic N) is 1. The van der Waals surface area contributed by atoms with Gasteiger partial charge in [0.2, 0.25) is 0 Å². The highest BCUT2D eigenvalue weighted by Gasteiger charge is 2.12. The van der Waals surface area contributed by atoms with Gasteiger partial charge in [-0.3, -0.25) is 14.9 Å². The van der Waals surface area contributed by atoms with E-state index in [1.165, 1.54) is 18.2 Å². The molecule has 0 aliphatic heterocycles. The Morgan fingerprint density at radius 2 is 2.00 bits per heavy atom. The Morgan fingerprint density at radius 3 is 2.70 bits per heavy atom. The number of hydrogen-bond donors (Lipinski definition) is 1. The van der Waals surface area contributed by atoms with Gasteiger partial charge in [-0.25, -0.2) is 0 Å². The van der Waals surface area contributed by atoms with Crippen LogP contribution < -0.4 is 5.32 Å². The fourth-order valence-corrected chi connectivity index (χ4v) is 2.49. The van der Waals surface area contributed by atoms with Crippen molar-refractivity contribution < 1.29 is 9.72 Å². The maximum Gasteiger partial charge on any atom is 0.271 e. The smallest absolute Gasteiger partial charge is 0.271 e. The second-order valence-electron chi connectivity index (χ2n) is 3.89. The molecule has 2 rings (SSSR count). The van der Waals surface area contributed by atoms with Gasteiger partial charge in [0.1, 0.15) is 0 Å². The predicted molar refractivity (Wildman–Crippen MR) is 87.9 cm³/mol. The predicted octanol–water partition coefficient (Wildman–Crippen LogP) is 4.21. The molecule has 0 spiro atoms. The Kier molecular flexibility index (Phi) is 4.71. The zero-order valence-electron chi connectivity index (χ0n) is 9.97. The van der Waals surface area contributed by atoms with Gasteiger partial charge in [-0.2, -0.15) is 0 Å². The fraction of sp³-hybridized carbons (Fsp3) is 0. The number of nitro benzene ring substituents is 1. The van der Waals surface area contributed by atoms with E-state index < -0.39 is 4.92 Å². The Morgan fingerprint density at radius 1 is 1.25 bits per heavy atom. The lowest BCUT2D eigenvalue weighted by Crippen LogP contribution is -2.12. The molecule has 0 heterocycles. The Hall–Kier alpha value is -1.48. The molecule has 2 aromatic rings. The number of benzene rings is 2. The van der Waals surface area contributed by atoms with E-state index in [4.69, 9.17) is 0 Å². The van der Waals surface area contributed by atoms with Crippen LogP contribution in [-0.4, -0.2) is 10.8 Å². The van der Waals surface area contributed by atoms with Crippen LogP contribution in [-0.2, 0) is 0 Å². The molecular formula is C13H8BrIN2O3. The monoisotopic (exact) mass is 446 g/mol. The third-order valence-electron chi connectivity index (χ3n) is 2.49. The zero-order valence-corrected chi connectivity index (χ0v) is 13.7. The number of nitrogens with one attached hydrogen (secondary N) is 1. The first-order valence-corrected chi connectivity index (χ1v) is 7.35. The zero-order chi connectivity index (χ0) is 14.7. The molecular weight excluding hydrogens is 439 g/mol. The van der Waals surface area contributed by atoms with Crippen LogP contribution in [0.1, 0.15) is 10.4 Å². The molecule has 0 radical (unpaired) electrons. The first-order chi connectivity index (χ1) is 9.47. The minimum Gasteiger partial charge on any atom is -0.322 e. The molecule has 5 nitrogen and oxygen atoms in total. The number of amides is 1. The quantitative estimate of drug-likeness (QED) is 0.436. The Labute approximate surface area is 136 Å². The molecule has 1 N–H and O–H groups in total. The molecule has 0 saturated carbocycles. The standard InChI is InChI=1S/C13H8BrIN2O3/c14-12-5-4-8(15)6-11(12)13(18)16-9-2-1-3-10(7-9)17(19)20/h1-7H,(H,16,18). The van der Waals surface area contributed by atoms with Gasteiger partial charge in [0.05, 0.1) is 10.5 Å². The number of carbonyl (C=O) groups excluding carboxylic acids is 1. The van der Waals surface area contributed by atoms with Crippen molar-refractivity contribution in [2.45, 2.75) is 0 Å². The summed E-state index contributed by atoms with van der Waals surface area (Å²) in [4.78, 5) is 22.3. The normalized spacial score (nSPS) is 10.1. The average Bonchev–Trinajstić information content (AvgIpc) is 2.41. The van der Waals surface area contributed by atoms with Crippen LogP contribution >= 0.6 is 38.5 Å². The maximum absolute atomic E-state index is 12.2. The Bertz CT molecular complexity index is 691. The number of non-ortho nitro benzene ring substituents is 1. The molecule has 0 unspecified atom stereocenters. The van der Waals surface area contributed by atoms with Crippen LogP contribution in [0.5, 0.6) is 0 Å². The van der Waals surface area contributed by atoms with Crippen LogP contribution in [0.3, 0.4) is 0 Å². The van der Waals surface area contributed by atoms with Crippen LogP contribution in [0.25, 0.3) is 0 Å². The van der Waals surface area contributed by atoms with Gasteiger partial charge in [0, 0.05) is 25.9 Å². The second-order valence-corrected chi connectivity index (χ2v) is 5.99. The average molecular weight is 447 g/mol. The topological polar surface area (TPSA) is 72.2 Å². The van der Waals surface area contributed by atoms with Crippen LogP contribution in [0.15, 0.2) is 46.9 Å². The molecule has 0 aliphatic carbocycles. The molecule has 7 heteroatoms. The number of carbonyl (C=O) groups is 1. The molecule has 0 bridgehead atoms. The summed E-state index contributed by atoms with van der Waals surface area (Å²) in [6, 6.07) is 11.2. The molecule has 20 heavy (non-hydrogen) atoms. The van der Waals surface area contributed by atoms with Gasteiger partial charge >= 0.3 is 0 Å². The summed E-state index contributed by atoms with van der Waals surface area (Å²) in [6.45, 7) is 0. The van der Waals surface area contributed by atoms with Gasteiger partial charge < -0.3 is 5.32 Å². The van der Waals surface area contributed by atoms with Gasteiger partial charge in [-0.1, -0.05) is 6.07 Å². The van der Waals surface area contributed by atoms with E-state index in [1.54, 1.807) is 18.2 Å². The van der Waals surface area contributed by atoms with Gasteiger partial charge in [-0.05, 0) is 62.8 Å². The minimum atomic E-state index is -0.503. The van der Waals surface area contributed by atoms with Crippen molar-refractivity contribution in [3.8, 4) is 0 Å². The lowest BCUT2D eigenvalue weighted by atomic mass is 10.2. The van der Waals surface area contributed by atoms with E-state index in [0.29, 0.717) is 15.7 Å². The molecule has 0 aliphatic rings.